The van der Waals surface area contributed by atoms with Gasteiger partial charge in [0, 0.05) is 6.42 Å². The van der Waals surface area contributed by atoms with Crippen molar-refractivity contribution in [2.75, 3.05) is 19.6 Å². The summed E-state index contributed by atoms with van der Waals surface area (Å²) in [6.45, 7) is 1.81. The van der Waals surface area contributed by atoms with Gasteiger partial charge in [-0.25, -0.2) is 0 Å². The van der Waals surface area contributed by atoms with Crippen LogP contribution in [0.15, 0.2) is 0 Å². The quantitative estimate of drug-likeness (QED) is 0.422. The molecule has 0 spiro atoms. The summed E-state index contributed by atoms with van der Waals surface area (Å²) in [7, 11) is 0. The van der Waals surface area contributed by atoms with Crippen LogP contribution in [0.5, 0.6) is 0 Å². The molecule has 0 aromatic rings. The first kappa shape index (κ1) is 15.4. The predicted molar refractivity (Wildman–Crippen MR) is 61.1 cm³/mol. The van der Waals surface area contributed by atoms with Gasteiger partial charge < -0.3 is 21.5 Å². The largest absolute Gasteiger partial charge is 0.480 e. The van der Waals surface area contributed by atoms with Crippen molar-refractivity contribution in [2.24, 2.45) is 11.7 Å². The molecule has 0 fully saturated rings. The molecule has 0 aliphatic heterocycles. The third kappa shape index (κ3) is 9.31. The first-order valence-corrected chi connectivity index (χ1v) is 5.41. The molecule has 98 valence electrons. The molecule has 2 amide bonds. The van der Waals surface area contributed by atoms with Gasteiger partial charge in [0.05, 0.1) is 6.54 Å². The van der Waals surface area contributed by atoms with E-state index in [2.05, 4.69) is 10.6 Å². The van der Waals surface area contributed by atoms with Crippen LogP contribution in [0, 0.1) is 5.92 Å². The molecular weight excluding hydrogens is 226 g/mol. The molecule has 0 aromatic carbocycles. The van der Waals surface area contributed by atoms with Crippen LogP contribution in [0.1, 0.15) is 19.8 Å². The average Bonchev–Trinajstić information content (AvgIpc) is 2.30. The molecule has 7 heteroatoms. The number of carbonyl (C=O) groups excluding carboxylic acids is 2. The molecule has 0 rings (SSSR count). The highest BCUT2D eigenvalue weighted by atomic mass is 16.4. The van der Waals surface area contributed by atoms with E-state index in [-0.39, 0.29) is 18.4 Å². The zero-order valence-corrected chi connectivity index (χ0v) is 9.86. The number of hydrogen-bond acceptors (Lipinski definition) is 4. The Balaban J connectivity index is 3.62. The SMILES string of the molecule is CC(CN)CCC(=O)NCC(=O)NCC(=O)O. The molecular formula is C10H19N3O4. The van der Waals surface area contributed by atoms with E-state index in [1.165, 1.54) is 0 Å². The summed E-state index contributed by atoms with van der Waals surface area (Å²) in [6.07, 6.45) is 0.976. The molecule has 0 saturated carbocycles. The average molecular weight is 245 g/mol. The number of carbonyl (C=O) groups is 3. The van der Waals surface area contributed by atoms with Gasteiger partial charge >= 0.3 is 5.97 Å². The topological polar surface area (TPSA) is 122 Å². The first-order chi connectivity index (χ1) is 7.95. The maximum absolute atomic E-state index is 11.3. The lowest BCUT2D eigenvalue weighted by Gasteiger charge is -2.08. The summed E-state index contributed by atoms with van der Waals surface area (Å²) in [5.41, 5.74) is 5.40. The molecule has 1 atom stereocenters. The van der Waals surface area contributed by atoms with Gasteiger partial charge in [0.15, 0.2) is 0 Å². The number of amides is 2. The van der Waals surface area contributed by atoms with Crippen LogP contribution >= 0.6 is 0 Å². The van der Waals surface area contributed by atoms with Crippen molar-refractivity contribution in [1.82, 2.24) is 10.6 Å². The summed E-state index contributed by atoms with van der Waals surface area (Å²) < 4.78 is 0. The molecule has 0 aliphatic carbocycles. The Morgan fingerprint density at radius 1 is 1.18 bits per heavy atom. The van der Waals surface area contributed by atoms with E-state index in [4.69, 9.17) is 10.8 Å². The van der Waals surface area contributed by atoms with E-state index in [0.29, 0.717) is 19.4 Å². The summed E-state index contributed by atoms with van der Waals surface area (Å²) in [6, 6.07) is 0. The van der Waals surface area contributed by atoms with Crippen molar-refractivity contribution in [2.45, 2.75) is 19.8 Å². The third-order valence-corrected chi connectivity index (χ3v) is 2.15. The minimum Gasteiger partial charge on any atom is -0.480 e. The van der Waals surface area contributed by atoms with Gasteiger partial charge in [-0.05, 0) is 18.9 Å². The molecule has 17 heavy (non-hydrogen) atoms. The molecule has 0 aliphatic rings. The second-order valence-electron chi connectivity index (χ2n) is 3.83. The van der Waals surface area contributed by atoms with Gasteiger partial charge in [-0.3, -0.25) is 14.4 Å². The van der Waals surface area contributed by atoms with Crippen LogP contribution in [0.4, 0.5) is 0 Å². The number of nitrogens with two attached hydrogens (primary N) is 1. The highest BCUT2D eigenvalue weighted by Gasteiger charge is 2.08. The number of nitrogens with one attached hydrogen (secondary N) is 2. The van der Waals surface area contributed by atoms with Crippen molar-refractivity contribution >= 4 is 17.8 Å². The highest BCUT2D eigenvalue weighted by Crippen LogP contribution is 2.02. The van der Waals surface area contributed by atoms with Crippen molar-refractivity contribution in [1.29, 1.82) is 0 Å². The summed E-state index contributed by atoms with van der Waals surface area (Å²) in [5, 5.41) is 12.8. The van der Waals surface area contributed by atoms with Gasteiger partial charge in [-0.15, -0.1) is 0 Å². The Kier molecular flexibility index (Phi) is 7.70. The summed E-state index contributed by atoms with van der Waals surface area (Å²) in [5.74, 6) is -1.62. The molecule has 7 nitrogen and oxygen atoms in total. The fraction of sp³-hybridized carbons (Fsp3) is 0.700. The van der Waals surface area contributed by atoms with Crippen LogP contribution in [0.3, 0.4) is 0 Å². The van der Waals surface area contributed by atoms with E-state index in [1.54, 1.807) is 0 Å². The summed E-state index contributed by atoms with van der Waals surface area (Å²) >= 11 is 0. The van der Waals surface area contributed by atoms with Crippen LogP contribution in [-0.4, -0.2) is 42.5 Å². The van der Waals surface area contributed by atoms with Crippen LogP contribution in [0.2, 0.25) is 0 Å². The van der Waals surface area contributed by atoms with E-state index < -0.39 is 18.4 Å². The third-order valence-electron chi connectivity index (χ3n) is 2.15. The van der Waals surface area contributed by atoms with Gasteiger partial charge in [-0.1, -0.05) is 6.92 Å². The van der Waals surface area contributed by atoms with Gasteiger partial charge in [0.1, 0.15) is 6.54 Å². The van der Waals surface area contributed by atoms with E-state index in [1.807, 2.05) is 6.92 Å². The number of hydrogen-bond donors (Lipinski definition) is 4. The maximum Gasteiger partial charge on any atom is 0.322 e. The molecule has 0 bridgehead atoms. The van der Waals surface area contributed by atoms with Crippen molar-refractivity contribution in [3.05, 3.63) is 0 Å². The lowest BCUT2D eigenvalue weighted by atomic mass is 10.1. The van der Waals surface area contributed by atoms with Crippen LogP contribution < -0.4 is 16.4 Å². The molecule has 0 radical (unpaired) electrons. The minimum absolute atomic E-state index is 0.205. The fourth-order valence-corrected chi connectivity index (χ4v) is 0.999. The maximum atomic E-state index is 11.3. The Morgan fingerprint density at radius 2 is 1.76 bits per heavy atom. The minimum atomic E-state index is -1.12. The molecule has 0 aromatic heterocycles. The molecule has 0 heterocycles. The monoisotopic (exact) mass is 245 g/mol. The first-order valence-electron chi connectivity index (χ1n) is 5.41. The van der Waals surface area contributed by atoms with Crippen molar-refractivity contribution in [3.8, 4) is 0 Å². The molecule has 0 saturated heterocycles. The van der Waals surface area contributed by atoms with Crippen LogP contribution in [0.25, 0.3) is 0 Å². The van der Waals surface area contributed by atoms with Crippen molar-refractivity contribution < 1.29 is 19.5 Å². The van der Waals surface area contributed by atoms with E-state index >= 15 is 0 Å². The fourth-order valence-electron chi connectivity index (χ4n) is 0.999. The standard InChI is InChI=1S/C10H19N3O4/c1-7(4-11)2-3-8(14)12-5-9(15)13-6-10(16)17/h7H,2-6,11H2,1H3,(H,12,14)(H,13,15)(H,16,17). The Hall–Kier alpha value is -1.63. The van der Waals surface area contributed by atoms with Crippen LogP contribution in [-0.2, 0) is 14.4 Å². The summed E-state index contributed by atoms with van der Waals surface area (Å²) in [4.78, 5) is 32.4. The molecule has 1 unspecified atom stereocenters. The number of carboxylic acids is 1. The van der Waals surface area contributed by atoms with Gasteiger partial charge in [0.2, 0.25) is 11.8 Å². The normalized spacial score (nSPS) is 11.6. The number of carboxylic acid groups (broad SMARTS) is 1. The smallest absolute Gasteiger partial charge is 0.322 e. The predicted octanol–water partition coefficient (Wildman–Crippen LogP) is -1.32. The van der Waals surface area contributed by atoms with Gasteiger partial charge in [-0.2, -0.15) is 0 Å². The zero-order chi connectivity index (χ0) is 13.3. The Morgan fingerprint density at radius 3 is 2.29 bits per heavy atom. The Labute approximate surface area is 99.7 Å². The number of aliphatic carboxylic acids is 1. The zero-order valence-electron chi connectivity index (χ0n) is 9.86. The van der Waals surface area contributed by atoms with E-state index in [0.717, 1.165) is 0 Å². The number of rotatable bonds is 8. The lowest BCUT2D eigenvalue weighted by molar-refractivity contribution is -0.137. The van der Waals surface area contributed by atoms with Gasteiger partial charge in [0.25, 0.3) is 0 Å². The lowest BCUT2D eigenvalue weighted by Crippen LogP contribution is -2.39. The van der Waals surface area contributed by atoms with Crippen molar-refractivity contribution in [3.63, 3.8) is 0 Å². The molecule has 5 N–H and O–H groups in total. The second kappa shape index (κ2) is 8.51. The highest BCUT2D eigenvalue weighted by molar-refractivity contribution is 5.86. The Bertz CT molecular complexity index is 281. The second-order valence-corrected chi connectivity index (χ2v) is 3.83. The van der Waals surface area contributed by atoms with E-state index in [9.17, 15) is 14.4 Å².